The second-order valence-corrected chi connectivity index (χ2v) is 5.42. The van der Waals surface area contributed by atoms with E-state index in [-0.39, 0.29) is 25.4 Å². The number of ether oxygens (including phenoxy) is 1. The first-order chi connectivity index (χ1) is 10.4. The third-order valence-corrected chi connectivity index (χ3v) is 3.78. The third-order valence-electron chi connectivity index (χ3n) is 3.38. The molecule has 3 amide bonds. The number of carbonyl (C=O) groups is 3. The Labute approximate surface area is 133 Å². The molecular weight excluding hydrogens is 308 g/mol. The lowest BCUT2D eigenvalue weighted by Crippen LogP contribution is -2.54. The predicted octanol–water partition coefficient (Wildman–Crippen LogP) is 1.77. The maximum absolute atomic E-state index is 12.0. The topological polar surface area (TPSA) is 75.7 Å². The Morgan fingerprint density at radius 2 is 2.09 bits per heavy atom. The fourth-order valence-electron chi connectivity index (χ4n) is 2.09. The van der Waals surface area contributed by atoms with Crippen molar-refractivity contribution >= 4 is 29.3 Å². The number of amides is 3. The number of hydrogen-bond acceptors (Lipinski definition) is 4. The van der Waals surface area contributed by atoms with Gasteiger partial charge in [0, 0.05) is 17.9 Å². The molecule has 118 valence electrons. The molecule has 1 N–H and O–H groups in total. The van der Waals surface area contributed by atoms with Gasteiger partial charge in [-0.1, -0.05) is 18.5 Å². The molecule has 1 saturated heterocycles. The van der Waals surface area contributed by atoms with Crippen molar-refractivity contribution in [2.45, 2.75) is 33.1 Å². The van der Waals surface area contributed by atoms with Gasteiger partial charge in [0.15, 0.2) is 6.61 Å². The highest BCUT2D eigenvalue weighted by Crippen LogP contribution is 2.27. The van der Waals surface area contributed by atoms with Crippen LogP contribution >= 0.6 is 11.6 Å². The Kier molecular flexibility index (Phi) is 5.03. The summed E-state index contributed by atoms with van der Waals surface area (Å²) in [6.07, 6.45) is 0.820. The van der Waals surface area contributed by atoms with Gasteiger partial charge in [-0.25, -0.2) is 0 Å². The molecule has 22 heavy (non-hydrogen) atoms. The van der Waals surface area contributed by atoms with Gasteiger partial charge in [-0.2, -0.15) is 5.01 Å². The first-order valence-corrected chi connectivity index (χ1v) is 7.37. The highest BCUT2D eigenvalue weighted by Gasteiger charge is 2.28. The summed E-state index contributed by atoms with van der Waals surface area (Å²) >= 11 is 6.06. The summed E-state index contributed by atoms with van der Waals surface area (Å²) in [6.45, 7) is 3.45. The molecule has 1 heterocycles. The van der Waals surface area contributed by atoms with Crippen molar-refractivity contribution in [1.82, 2.24) is 10.4 Å². The molecule has 1 aliphatic rings. The molecule has 6 nitrogen and oxygen atoms in total. The predicted molar refractivity (Wildman–Crippen MR) is 80.3 cm³/mol. The van der Waals surface area contributed by atoms with Crippen LogP contribution in [0.1, 0.15) is 30.9 Å². The molecule has 0 unspecified atom stereocenters. The lowest BCUT2D eigenvalue weighted by molar-refractivity contribution is -0.158. The smallest absolute Gasteiger partial charge is 0.286 e. The summed E-state index contributed by atoms with van der Waals surface area (Å²) in [5.41, 5.74) is 3.95. The summed E-state index contributed by atoms with van der Waals surface area (Å²) in [7, 11) is 0. The second-order valence-electron chi connectivity index (χ2n) is 5.01. The number of imide groups is 1. The number of aryl methyl sites for hydroxylation is 2. The van der Waals surface area contributed by atoms with E-state index in [1.165, 1.54) is 0 Å². The third kappa shape index (κ3) is 3.57. The van der Waals surface area contributed by atoms with Crippen molar-refractivity contribution in [3.8, 4) is 5.75 Å². The minimum Gasteiger partial charge on any atom is -0.483 e. The average molecular weight is 325 g/mol. The van der Waals surface area contributed by atoms with Gasteiger partial charge in [-0.3, -0.25) is 19.8 Å². The van der Waals surface area contributed by atoms with Crippen LogP contribution in [0.3, 0.4) is 0 Å². The van der Waals surface area contributed by atoms with Crippen LogP contribution in [0.2, 0.25) is 5.02 Å². The van der Waals surface area contributed by atoms with E-state index in [4.69, 9.17) is 16.3 Å². The number of benzene rings is 1. The quantitative estimate of drug-likeness (QED) is 0.916. The Bertz CT molecular complexity index is 630. The van der Waals surface area contributed by atoms with E-state index in [0.29, 0.717) is 17.2 Å². The first-order valence-electron chi connectivity index (χ1n) is 6.99. The number of halogens is 1. The minimum atomic E-state index is -0.604. The Morgan fingerprint density at radius 1 is 1.36 bits per heavy atom. The van der Waals surface area contributed by atoms with E-state index in [9.17, 15) is 14.4 Å². The van der Waals surface area contributed by atoms with Crippen molar-refractivity contribution in [2.75, 3.05) is 6.61 Å². The fraction of sp³-hybridized carbons (Fsp3) is 0.400. The molecule has 1 aromatic rings. The van der Waals surface area contributed by atoms with Crippen LogP contribution in [0.4, 0.5) is 0 Å². The maximum atomic E-state index is 12.0. The first kappa shape index (κ1) is 16.3. The van der Waals surface area contributed by atoms with Crippen LogP contribution in [-0.4, -0.2) is 29.3 Å². The molecule has 1 fully saturated rings. The van der Waals surface area contributed by atoms with Crippen LogP contribution in [0.5, 0.6) is 5.75 Å². The van der Waals surface area contributed by atoms with Gasteiger partial charge in [0.2, 0.25) is 11.8 Å². The SMILES string of the molecule is CCc1cc(Cl)c(C)cc1OCC(=O)N1NC(=O)CCC1=O. The molecule has 1 aliphatic heterocycles. The van der Waals surface area contributed by atoms with Crippen LogP contribution in [0, 0.1) is 6.92 Å². The summed E-state index contributed by atoms with van der Waals surface area (Å²) in [5.74, 6) is -0.845. The number of rotatable bonds is 4. The molecule has 0 saturated carbocycles. The zero-order valence-electron chi connectivity index (χ0n) is 12.4. The summed E-state index contributed by atoms with van der Waals surface area (Å²) < 4.78 is 5.51. The van der Waals surface area contributed by atoms with Gasteiger partial charge < -0.3 is 4.74 Å². The van der Waals surface area contributed by atoms with E-state index in [2.05, 4.69) is 5.43 Å². The molecule has 1 aromatic carbocycles. The molecule has 0 aliphatic carbocycles. The van der Waals surface area contributed by atoms with E-state index in [1.54, 1.807) is 12.1 Å². The van der Waals surface area contributed by atoms with Crippen LogP contribution in [-0.2, 0) is 20.8 Å². The average Bonchev–Trinajstić information content (AvgIpc) is 2.50. The minimum absolute atomic E-state index is 0.0256. The molecule has 0 bridgehead atoms. The Balaban J connectivity index is 2.06. The Morgan fingerprint density at radius 3 is 2.77 bits per heavy atom. The fourth-order valence-corrected chi connectivity index (χ4v) is 2.27. The van der Waals surface area contributed by atoms with Crippen molar-refractivity contribution < 1.29 is 19.1 Å². The van der Waals surface area contributed by atoms with Gasteiger partial charge in [-0.15, -0.1) is 0 Å². The van der Waals surface area contributed by atoms with Crippen molar-refractivity contribution in [3.05, 3.63) is 28.3 Å². The lowest BCUT2D eigenvalue weighted by atomic mass is 10.1. The summed E-state index contributed by atoms with van der Waals surface area (Å²) in [5, 5.41) is 1.36. The maximum Gasteiger partial charge on any atom is 0.286 e. The summed E-state index contributed by atoms with van der Waals surface area (Å²) in [6, 6.07) is 3.55. The van der Waals surface area contributed by atoms with Gasteiger partial charge in [-0.05, 0) is 36.6 Å². The van der Waals surface area contributed by atoms with Gasteiger partial charge in [0.25, 0.3) is 5.91 Å². The molecular formula is C15H17ClN2O4. The molecule has 2 rings (SSSR count). The molecule has 0 aromatic heterocycles. The number of hydrogen-bond donors (Lipinski definition) is 1. The van der Waals surface area contributed by atoms with Crippen LogP contribution in [0.25, 0.3) is 0 Å². The molecule has 7 heteroatoms. The van der Waals surface area contributed by atoms with Gasteiger partial charge in [0.1, 0.15) is 5.75 Å². The van der Waals surface area contributed by atoms with Crippen molar-refractivity contribution in [3.63, 3.8) is 0 Å². The number of nitrogens with one attached hydrogen (secondary N) is 1. The van der Waals surface area contributed by atoms with Gasteiger partial charge >= 0.3 is 0 Å². The molecule has 0 atom stereocenters. The second kappa shape index (κ2) is 6.79. The highest BCUT2D eigenvalue weighted by molar-refractivity contribution is 6.31. The number of nitrogens with zero attached hydrogens (tertiary/aromatic N) is 1. The Hall–Kier alpha value is -2.08. The zero-order valence-corrected chi connectivity index (χ0v) is 13.2. The number of carbonyl (C=O) groups excluding carboxylic acids is 3. The van der Waals surface area contributed by atoms with E-state index in [1.807, 2.05) is 13.8 Å². The lowest BCUT2D eigenvalue weighted by Gasteiger charge is -2.25. The van der Waals surface area contributed by atoms with E-state index in [0.717, 1.165) is 16.1 Å². The largest absolute Gasteiger partial charge is 0.483 e. The van der Waals surface area contributed by atoms with Crippen molar-refractivity contribution in [2.24, 2.45) is 0 Å². The van der Waals surface area contributed by atoms with Gasteiger partial charge in [0.05, 0.1) is 0 Å². The van der Waals surface area contributed by atoms with Crippen LogP contribution in [0.15, 0.2) is 12.1 Å². The van der Waals surface area contributed by atoms with Crippen molar-refractivity contribution in [1.29, 1.82) is 0 Å². The van der Waals surface area contributed by atoms with E-state index < -0.39 is 11.8 Å². The standard InChI is InChI=1S/C15H17ClN2O4/c1-3-10-7-11(16)9(2)6-12(10)22-8-15(21)18-14(20)5-4-13(19)17-18/h6-7H,3-5,8H2,1-2H3,(H,17,19). The highest BCUT2D eigenvalue weighted by atomic mass is 35.5. The molecule has 0 spiro atoms. The monoisotopic (exact) mass is 324 g/mol. The van der Waals surface area contributed by atoms with E-state index >= 15 is 0 Å². The number of hydrazine groups is 1. The normalized spacial score (nSPS) is 14.8. The van der Waals surface area contributed by atoms with Crippen LogP contribution < -0.4 is 10.2 Å². The zero-order chi connectivity index (χ0) is 16.3. The summed E-state index contributed by atoms with van der Waals surface area (Å²) in [4.78, 5) is 34.9. The molecule has 0 radical (unpaired) electrons.